The van der Waals surface area contributed by atoms with Gasteiger partial charge in [0.1, 0.15) is 12.4 Å². The highest BCUT2D eigenvalue weighted by Crippen LogP contribution is 2.17. The Labute approximate surface area is 113 Å². The zero-order chi connectivity index (χ0) is 14.1. The molecule has 1 atom stereocenters. The first-order valence-electron chi connectivity index (χ1n) is 6.31. The Kier molecular flexibility index (Phi) is 6.92. The van der Waals surface area contributed by atoms with Crippen LogP contribution in [0.2, 0.25) is 0 Å². The molecule has 2 N–H and O–H groups in total. The number of anilines is 1. The molecule has 19 heavy (non-hydrogen) atoms. The summed E-state index contributed by atoms with van der Waals surface area (Å²) in [7, 11) is 1.61. The van der Waals surface area contributed by atoms with Crippen LogP contribution in [0.3, 0.4) is 0 Å². The molecule has 1 rings (SSSR count). The zero-order valence-corrected chi connectivity index (χ0v) is 11.4. The molecule has 5 heteroatoms. The molecule has 1 aromatic rings. The third kappa shape index (κ3) is 6.79. The lowest BCUT2D eigenvalue weighted by Crippen LogP contribution is -2.14. The zero-order valence-electron chi connectivity index (χ0n) is 11.4. The molecule has 0 radical (unpaired) electrons. The number of carbonyl (C=O) groups excluding carboxylic acids is 1. The van der Waals surface area contributed by atoms with Crippen molar-refractivity contribution in [3.05, 3.63) is 24.3 Å². The van der Waals surface area contributed by atoms with Gasteiger partial charge in [0.05, 0.1) is 12.7 Å². The fraction of sp³-hybridized carbons (Fsp3) is 0.500. The second-order valence-electron chi connectivity index (χ2n) is 4.30. The topological polar surface area (TPSA) is 67.8 Å². The molecule has 0 saturated carbocycles. The molecule has 0 aliphatic rings. The molecule has 0 spiro atoms. The summed E-state index contributed by atoms with van der Waals surface area (Å²) in [6.07, 6.45) is 0.289. The van der Waals surface area contributed by atoms with E-state index < -0.39 is 6.10 Å². The molecule has 0 aliphatic carbocycles. The lowest BCUT2D eigenvalue weighted by atomic mass is 10.2. The fourth-order valence-electron chi connectivity index (χ4n) is 1.47. The van der Waals surface area contributed by atoms with Crippen molar-refractivity contribution in [3.8, 4) is 5.75 Å². The van der Waals surface area contributed by atoms with E-state index >= 15 is 0 Å². The molecular formula is C14H21NO4. The summed E-state index contributed by atoms with van der Waals surface area (Å²) in [6.45, 7) is 2.65. The minimum atomic E-state index is -0.463. The van der Waals surface area contributed by atoms with Crippen molar-refractivity contribution in [2.24, 2.45) is 0 Å². The van der Waals surface area contributed by atoms with Crippen molar-refractivity contribution in [2.45, 2.75) is 25.9 Å². The van der Waals surface area contributed by atoms with Gasteiger partial charge in [-0.2, -0.15) is 0 Å². The first-order valence-corrected chi connectivity index (χ1v) is 6.31. The summed E-state index contributed by atoms with van der Waals surface area (Å²) in [4.78, 5) is 11.6. The maximum atomic E-state index is 11.6. The monoisotopic (exact) mass is 267 g/mol. The van der Waals surface area contributed by atoms with Gasteiger partial charge in [0.25, 0.3) is 0 Å². The van der Waals surface area contributed by atoms with Gasteiger partial charge in [0.15, 0.2) is 0 Å². The van der Waals surface area contributed by atoms with Gasteiger partial charge in [-0.1, -0.05) is 6.07 Å². The van der Waals surface area contributed by atoms with Crippen LogP contribution in [0.25, 0.3) is 0 Å². The third-order valence-electron chi connectivity index (χ3n) is 2.46. The van der Waals surface area contributed by atoms with Crippen LogP contribution in [0.1, 0.15) is 19.8 Å². The van der Waals surface area contributed by atoms with Gasteiger partial charge in [-0.05, 0) is 25.5 Å². The number of ether oxygens (including phenoxy) is 2. The highest BCUT2D eigenvalue weighted by molar-refractivity contribution is 5.90. The van der Waals surface area contributed by atoms with Gasteiger partial charge in [-0.15, -0.1) is 0 Å². The van der Waals surface area contributed by atoms with Crippen LogP contribution in [-0.4, -0.2) is 37.4 Å². The second kappa shape index (κ2) is 8.50. The molecule has 0 fully saturated rings. The molecule has 0 aromatic heterocycles. The summed E-state index contributed by atoms with van der Waals surface area (Å²) >= 11 is 0. The van der Waals surface area contributed by atoms with Crippen molar-refractivity contribution >= 4 is 11.6 Å². The van der Waals surface area contributed by atoms with E-state index in [-0.39, 0.29) is 5.91 Å². The molecule has 1 amide bonds. The van der Waals surface area contributed by atoms with E-state index in [0.29, 0.717) is 37.5 Å². The van der Waals surface area contributed by atoms with Crippen molar-refractivity contribution < 1.29 is 19.4 Å². The van der Waals surface area contributed by atoms with E-state index in [4.69, 9.17) is 14.6 Å². The van der Waals surface area contributed by atoms with E-state index in [9.17, 15) is 4.79 Å². The normalized spacial score (nSPS) is 11.9. The summed E-state index contributed by atoms with van der Waals surface area (Å²) in [5, 5.41) is 11.9. The smallest absolute Gasteiger partial charge is 0.224 e. The Morgan fingerprint density at radius 2 is 2.21 bits per heavy atom. The average Bonchev–Trinajstić information content (AvgIpc) is 2.37. The van der Waals surface area contributed by atoms with Gasteiger partial charge in [-0.3, -0.25) is 4.79 Å². The van der Waals surface area contributed by atoms with E-state index in [1.54, 1.807) is 26.2 Å². The lowest BCUT2D eigenvalue weighted by molar-refractivity contribution is -0.116. The first kappa shape index (κ1) is 15.5. The number of benzene rings is 1. The molecule has 5 nitrogen and oxygen atoms in total. The molecule has 0 saturated heterocycles. The number of rotatable bonds is 8. The first-order chi connectivity index (χ1) is 9.11. The minimum Gasteiger partial charge on any atom is -0.491 e. The highest BCUT2D eigenvalue weighted by Gasteiger charge is 2.05. The van der Waals surface area contributed by atoms with E-state index in [1.807, 2.05) is 12.1 Å². The van der Waals surface area contributed by atoms with Gasteiger partial charge in [-0.25, -0.2) is 0 Å². The second-order valence-corrected chi connectivity index (χ2v) is 4.30. The van der Waals surface area contributed by atoms with E-state index in [0.717, 1.165) is 0 Å². The van der Waals surface area contributed by atoms with Crippen molar-refractivity contribution in [1.82, 2.24) is 0 Å². The van der Waals surface area contributed by atoms with Crippen LogP contribution in [0, 0.1) is 0 Å². The van der Waals surface area contributed by atoms with Crippen LogP contribution in [0.4, 0.5) is 5.69 Å². The van der Waals surface area contributed by atoms with Crippen molar-refractivity contribution in [2.75, 3.05) is 25.6 Å². The number of methoxy groups -OCH3 is 1. The standard InChI is InChI=1S/C14H21NO4/c1-11(16)6-7-14(17)15-12-4-3-5-13(10-12)19-9-8-18-2/h3-5,10-11,16H,6-9H2,1-2H3,(H,15,17). The SMILES string of the molecule is COCCOc1cccc(NC(=O)CCC(C)O)c1. The maximum absolute atomic E-state index is 11.6. The largest absolute Gasteiger partial charge is 0.491 e. The highest BCUT2D eigenvalue weighted by atomic mass is 16.5. The van der Waals surface area contributed by atoms with E-state index in [1.165, 1.54) is 0 Å². The lowest BCUT2D eigenvalue weighted by Gasteiger charge is -2.09. The number of aliphatic hydroxyl groups excluding tert-OH is 1. The average molecular weight is 267 g/mol. The van der Waals surface area contributed by atoms with Crippen LogP contribution in [-0.2, 0) is 9.53 Å². The molecule has 106 valence electrons. The number of aliphatic hydroxyl groups is 1. The fourth-order valence-corrected chi connectivity index (χ4v) is 1.47. The van der Waals surface area contributed by atoms with Crippen molar-refractivity contribution in [3.63, 3.8) is 0 Å². The van der Waals surface area contributed by atoms with Crippen molar-refractivity contribution in [1.29, 1.82) is 0 Å². The molecule has 1 aromatic carbocycles. The Hall–Kier alpha value is -1.59. The molecule has 1 unspecified atom stereocenters. The molecular weight excluding hydrogens is 246 g/mol. The Morgan fingerprint density at radius 1 is 1.42 bits per heavy atom. The van der Waals surface area contributed by atoms with Crippen LogP contribution in [0.15, 0.2) is 24.3 Å². The number of hydrogen-bond acceptors (Lipinski definition) is 4. The van der Waals surface area contributed by atoms with E-state index in [2.05, 4.69) is 5.32 Å². The van der Waals surface area contributed by atoms with Crippen LogP contribution >= 0.6 is 0 Å². The maximum Gasteiger partial charge on any atom is 0.224 e. The summed E-state index contributed by atoms with van der Waals surface area (Å²) in [5.74, 6) is 0.570. The predicted octanol–water partition coefficient (Wildman–Crippen LogP) is 1.81. The quantitative estimate of drug-likeness (QED) is 0.705. The summed E-state index contributed by atoms with van der Waals surface area (Å²) in [6, 6.07) is 7.19. The van der Waals surface area contributed by atoms with Crippen LogP contribution in [0.5, 0.6) is 5.75 Å². The predicted molar refractivity (Wildman–Crippen MR) is 73.4 cm³/mol. The Morgan fingerprint density at radius 3 is 2.89 bits per heavy atom. The molecule has 0 bridgehead atoms. The number of nitrogens with one attached hydrogen (secondary N) is 1. The summed E-state index contributed by atoms with van der Waals surface area (Å²) < 4.78 is 10.3. The Balaban J connectivity index is 2.45. The number of amides is 1. The van der Waals surface area contributed by atoms with Crippen LogP contribution < -0.4 is 10.1 Å². The van der Waals surface area contributed by atoms with Gasteiger partial charge in [0, 0.05) is 25.3 Å². The van der Waals surface area contributed by atoms with Gasteiger partial charge >= 0.3 is 0 Å². The molecule has 0 aliphatic heterocycles. The van der Waals surface area contributed by atoms with Gasteiger partial charge < -0.3 is 19.9 Å². The third-order valence-corrected chi connectivity index (χ3v) is 2.46. The minimum absolute atomic E-state index is 0.116. The van der Waals surface area contributed by atoms with Gasteiger partial charge in [0.2, 0.25) is 5.91 Å². The number of hydrogen-bond donors (Lipinski definition) is 2. The Bertz CT molecular complexity index is 393. The molecule has 0 heterocycles. The summed E-state index contributed by atoms with van der Waals surface area (Å²) in [5.41, 5.74) is 0.686. The number of carbonyl (C=O) groups is 1.